The van der Waals surface area contributed by atoms with Crippen molar-refractivity contribution in [2.75, 3.05) is 0 Å². The van der Waals surface area contributed by atoms with Crippen LogP contribution in [0.5, 0.6) is 0 Å². The molecule has 1 aromatic carbocycles. The van der Waals surface area contributed by atoms with E-state index in [0.717, 1.165) is 17.9 Å². The van der Waals surface area contributed by atoms with Gasteiger partial charge in [0.1, 0.15) is 0 Å². The van der Waals surface area contributed by atoms with Gasteiger partial charge in [0, 0.05) is 16.0 Å². The molecule has 2 rings (SSSR count). The molecule has 0 aliphatic rings. The lowest BCUT2D eigenvalue weighted by Crippen LogP contribution is -2.21. The molecule has 0 saturated heterocycles. The molecule has 1 nitrogen and oxygen atoms in total. The summed E-state index contributed by atoms with van der Waals surface area (Å²) in [4.78, 5) is 1.22. The van der Waals surface area contributed by atoms with Gasteiger partial charge in [-0.3, -0.25) is 0 Å². The highest BCUT2D eigenvalue weighted by Crippen LogP contribution is 2.35. The summed E-state index contributed by atoms with van der Waals surface area (Å²) in [6, 6.07) is 10.4. The molecule has 0 bridgehead atoms. The fraction of sp³-hybridized carbons (Fsp3) is 0.286. The Bertz CT molecular complexity index is 493. The Morgan fingerprint density at radius 1 is 1.28 bits per heavy atom. The first-order valence-electron chi connectivity index (χ1n) is 5.94. The summed E-state index contributed by atoms with van der Waals surface area (Å²) in [6.45, 7) is 2.13. The van der Waals surface area contributed by atoms with Gasteiger partial charge < -0.3 is 5.73 Å². The average molecular weight is 298 g/mol. The molecule has 0 fully saturated rings. The van der Waals surface area contributed by atoms with Gasteiger partial charge in [0.2, 0.25) is 0 Å². The van der Waals surface area contributed by atoms with Gasteiger partial charge in [-0.05, 0) is 54.1 Å². The molecule has 0 aliphatic carbocycles. The number of rotatable bonds is 5. The van der Waals surface area contributed by atoms with E-state index in [-0.39, 0.29) is 6.04 Å². The van der Waals surface area contributed by atoms with Crippen molar-refractivity contribution in [1.82, 2.24) is 0 Å². The van der Waals surface area contributed by atoms with Crippen LogP contribution in [0.1, 0.15) is 18.9 Å². The first kappa shape index (κ1) is 13.9. The van der Waals surface area contributed by atoms with E-state index in [9.17, 15) is 0 Å². The number of nitrogens with two attached hydrogens (primary N) is 1. The van der Waals surface area contributed by atoms with Crippen molar-refractivity contribution < 1.29 is 0 Å². The highest BCUT2D eigenvalue weighted by atomic mass is 35.5. The zero-order valence-electron chi connectivity index (χ0n) is 10.2. The smallest absolute Gasteiger partial charge is 0.0678 e. The molecule has 96 valence electrons. The second-order valence-corrected chi connectivity index (χ2v) is 6.86. The van der Waals surface area contributed by atoms with Crippen LogP contribution in [0.3, 0.4) is 0 Å². The number of halogens is 1. The summed E-state index contributed by atoms with van der Waals surface area (Å²) in [5, 5.41) is 2.91. The molecule has 4 heteroatoms. The minimum absolute atomic E-state index is 0.254. The van der Waals surface area contributed by atoms with Crippen LogP contribution in [0.25, 0.3) is 0 Å². The zero-order valence-corrected chi connectivity index (χ0v) is 12.6. The number of hydrogen-bond acceptors (Lipinski definition) is 3. The Hall–Kier alpha value is -0.480. The van der Waals surface area contributed by atoms with Crippen LogP contribution >= 0.6 is 34.7 Å². The Kier molecular flexibility index (Phi) is 5.13. The third kappa shape index (κ3) is 3.75. The molecule has 1 atom stereocenters. The van der Waals surface area contributed by atoms with Gasteiger partial charge in [-0.25, -0.2) is 0 Å². The van der Waals surface area contributed by atoms with Crippen LogP contribution in [0.2, 0.25) is 5.02 Å². The molecule has 0 spiro atoms. The monoisotopic (exact) mass is 297 g/mol. The predicted octanol–water partition coefficient (Wildman–Crippen LogP) is 4.83. The van der Waals surface area contributed by atoms with Crippen molar-refractivity contribution in [1.29, 1.82) is 0 Å². The van der Waals surface area contributed by atoms with E-state index in [1.54, 1.807) is 23.1 Å². The fourth-order valence-electron chi connectivity index (χ4n) is 1.60. The van der Waals surface area contributed by atoms with E-state index in [1.807, 2.05) is 12.1 Å². The van der Waals surface area contributed by atoms with Gasteiger partial charge in [-0.15, -0.1) is 11.3 Å². The largest absolute Gasteiger partial charge is 0.327 e. The Balaban J connectivity index is 2.09. The minimum Gasteiger partial charge on any atom is -0.327 e. The van der Waals surface area contributed by atoms with E-state index >= 15 is 0 Å². The van der Waals surface area contributed by atoms with E-state index in [0.29, 0.717) is 0 Å². The van der Waals surface area contributed by atoms with Crippen LogP contribution in [-0.4, -0.2) is 6.04 Å². The highest BCUT2D eigenvalue weighted by Gasteiger charge is 2.09. The molecule has 2 N–H and O–H groups in total. The van der Waals surface area contributed by atoms with Gasteiger partial charge in [0.05, 0.1) is 4.21 Å². The maximum Gasteiger partial charge on any atom is 0.0678 e. The first-order chi connectivity index (χ1) is 8.69. The zero-order chi connectivity index (χ0) is 13.0. The van der Waals surface area contributed by atoms with Gasteiger partial charge in [0.25, 0.3) is 0 Å². The van der Waals surface area contributed by atoms with E-state index < -0.39 is 0 Å². The lowest BCUT2D eigenvalue weighted by atomic mass is 10.1. The molecule has 18 heavy (non-hydrogen) atoms. The normalized spacial score (nSPS) is 12.6. The van der Waals surface area contributed by atoms with Crippen molar-refractivity contribution >= 4 is 34.7 Å². The second-order valence-electron chi connectivity index (χ2n) is 4.16. The van der Waals surface area contributed by atoms with Crippen LogP contribution in [0.4, 0.5) is 0 Å². The molecule has 0 saturated carbocycles. The van der Waals surface area contributed by atoms with Crippen LogP contribution < -0.4 is 5.73 Å². The summed E-state index contributed by atoms with van der Waals surface area (Å²) < 4.78 is 1.33. The van der Waals surface area contributed by atoms with E-state index in [1.165, 1.54) is 14.7 Å². The summed E-state index contributed by atoms with van der Waals surface area (Å²) in [5.74, 6) is 0. The SMILES string of the molecule is CCC(N)Cc1ccsc1Sc1ccc(Cl)cc1. The van der Waals surface area contributed by atoms with Crippen molar-refractivity contribution in [2.45, 2.75) is 34.9 Å². The predicted molar refractivity (Wildman–Crippen MR) is 81.9 cm³/mol. The first-order valence-corrected chi connectivity index (χ1v) is 8.02. The van der Waals surface area contributed by atoms with Gasteiger partial charge >= 0.3 is 0 Å². The second kappa shape index (κ2) is 6.62. The van der Waals surface area contributed by atoms with Gasteiger partial charge in [-0.1, -0.05) is 30.3 Å². The maximum absolute atomic E-state index is 6.02. The van der Waals surface area contributed by atoms with Crippen molar-refractivity contribution in [2.24, 2.45) is 5.73 Å². The molecule has 0 amide bonds. The van der Waals surface area contributed by atoms with Gasteiger partial charge in [-0.2, -0.15) is 0 Å². The lowest BCUT2D eigenvalue weighted by molar-refractivity contribution is 0.643. The number of benzene rings is 1. The molecule has 2 aromatic rings. The number of hydrogen-bond donors (Lipinski definition) is 1. The lowest BCUT2D eigenvalue weighted by Gasteiger charge is -2.09. The quantitative estimate of drug-likeness (QED) is 0.855. The van der Waals surface area contributed by atoms with Crippen LogP contribution in [0.15, 0.2) is 44.8 Å². The third-order valence-corrected chi connectivity index (χ3v) is 5.23. The van der Waals surface area contributed by atoms with Gasteiger partial charge in [0.15, 0.2) is 0 Å². The third-order valence-electron chi connectivity index (χ3n) is 2.74. The maximum atomic E-state index is 6.02. The Morgan fingerprint density at radius 3 is 2.67 bits per heavy atom. The van der Waals surface area contributed by atoms with Crippen molar-refractivity contribution in [3.05, 3.63) is 46.3 Å². The highest BCUT2D eigenvalue weighted by molar-refractivity contribution is 8.01. The van der Waals surface area contributed by atoms with Crippen molar-refractivity contribution in [3.63, 3.8) is 0 Å². The van der Waals surface area contributed by atoms with Crippen LogP contribution in [-0.2, 0) is 6.42 Å². The van der Waals surface area contributed by atoms with Crippen LogP contribution in [0, 0.1) is 0 Å². The average Bonchev–Trinajstić information content (AvgIpc) is 2.79. The molecule has 0 radical (unpaired) electrons. The summed E-state index contributed by atoms with van der Waals surface area (Å²) in [6.07, 6.45) is 1.97. The molecule has 1 aromatic heterocycles. The molecule has 1 heterocycles. The standard InChI is InChI=1S/C14H16ClNS2/c1-2-12(16)9-10-7-8-17-14(10)18-13-5-3-11(15)4-6-13/h3-8,12H,2,9,16H2,1H3. The molecular formula is C14H16ClNS2. The summed E-state index contributed by atoms with van der Waals surface area (Å²) in [7, 11) is 0. The molecule has 1 unspecified atom stereocenters. The topological polar surface area (TPSA) is 26.0 Å². The summed E-state index contributed by atoms with van der Waals surface area (Å²) >= 11 is 9.45. The Morgan fingerprint density at radius 2 is 2.00 bits per heavy atom. The molecular weight excluding hydrogens is 282 g/mol. The minimum atomic E-state index is 0.254. The van der Waals surface area contributed by atoms with E-state index in [2.05, 4.69) is 30.5 Å². The van der Waals surface area contributed by atoms with E-state index in [4.69, 9.17) is 17.3 Å². The number of thiophene rings is 1. The summed E-state index contributed by atoms with van der Waals surface area (Å²) in [5.41, 5.74) is 7.38. The fourth-order valence-corrected chi connectivity index (χ4v) is 3.80. The van der Waals surface area contributed by atoms with Crippen molar-refractivity contribution in [3.8, 4) is 0 Å². The molecule has 0 aliphatic heterocycles. The Labute approximate surface area is 121 Å².